The van der Waals surface area contributed by atoms with Crippen molar-refractivity contribution in [2.45, 2.75) is 13.0 Å². The lowest BCUT2D eigenvalue weighted by Crippen LogP contribution is -2.19. The zero-order valence-corrected chi connectivity index (χ0v) is 15.9. The summed E-state index contributed by atoms with van der Waals surface area (Å²) >= 11 is 7.14. The van der Waals surface area contributed by atoms with E-state index in [-0.39, 0.29) is 6.61 Å². The highest BCUT2D eigenvalue weighted by molar-refractivity contribution is 7.15. The predicted octanol–water partition coefficient (Wildman–Crippen LogP) is 5.14. The number of rotatable bonds is 7. The first kappa shape index (κ1) is 18.9. The average molecular weight is 401 g/mol. The van der Waals surface area contributed by atoms with Gasteiger partial charge in [0.05, 0.1) is 0 Å². The average Bonchev–Trinajstić information content (AvgIpc) is 3.08. The van der Waals surface area contributed by atoms with Crippen molar-refractivity contribution in [2.24, 2.45) is 0 Å². The van der Waals surface area contributed by atoms with Gasteiger partial charge in [-0.3, -0.25) is 5.32 Å². The molecule has 0 aliphatic heterocycles. The van der Waals surface area contributed by atoms with Gasteiger partial charge in [-0.05, 0) is 36.2 Å². The first-order valence-electron chi connectivity index (χ1n) is 8.11. The molecule has 0 saturated carbocycles. The summed E-state index contributed by atoms with van der Waals surface area (Å²) in [5, 5.41) is 14.9. The van der Waals surface area contributed by atoms with E-state index in [0.29, 0.717) is 20.8 Å². The first-order chi connectivity index (χ1) is 13.1. The number of halogens is 1. The Balaban J connectivity index is 1.55. The highest BCUT2D eigenvalue weighted by atomic mass is 35.5. The lowest BCUT2D eigenvalue weighted by atomic mass is 10.1. The summed E-state index contributed by atoms with van der Waals surface area (Å²) in [7, 11) is 0. The summed E-state index contributed by atoms with van der Waals surface area (Å²) in [5.41, 5.74) is 1.64. The zero-order chi connectivity index (χ0) is 19.1. The van der Waals surface area contributed by atoms with Crippen LogP contribution in [0.1, 0.15) is 10.6 Å². The summed E-state index contributed by atoms with van der Waals surface area (Å²) in [6.07, 6.45) is 2.55. The van der Waals surface area contributed by atoms with E-state index in [4.69, 9.17) is 16.3 Å². The van der Waals surface area contributed by atoms with Gasteiger partial charge in [0.2, 0.25) is 5.13 Å². The molecule has 1 aromatic heterocycles. The van der Waals surface area contributed by atoms with Crippen LogP contribution in [-0.4, -0.2) is 16.2 Å². The van der Waals surface area contributed by atoms with Gasteiger partial charge >= 0.3 is 6.03 Å². The molecule has 0 saturated heterocycles. The Labute approximate surface area is 165 Å². The summed E-state index contributed by atoms with van der Waals surface area (Å²) in [6, 6.07) is 14.2. The third kappa shape index (κ3) is 5.54. The second-order valence-electron chi connectivity index (χ2n) is 5.48. The van der Waals surface area contributed by atoms with Crippen LogP contribution < -0.4 is 15.4 Å². The monoisotopic (exact) mass is 400 g/mol. The van der Waals surface area contributed by atoms with Crippen LogP contribution in [0.5, 0.6) is 5.75 Å². The quantitative estimate of drug-likeness (QED) is 0.538. The molecule has 2 N–H and O–H groups in total. The van der Waals surface area contributed by atoms with Crippen LogP contribution in [0.2, 0.25) is 5.02 Å². The summed E-state index contributed by atoms with van der Waals surface area (Å²) in [4.78, 5) is 12.0. The van der Waals surface area contributed by atoms with Crippen LogP contribution >= 0.6 is 22.9 Å². The van der Waals surface area contributed by atoms with Gasteiger partial charge in [0.15, 0.2) is 5.01 Å². The topological polar surface area (TPSA) is 76.1 Å². The summed E-state index contributed by atoms with van der Waals surface area (Å²) in [5.74, 6) is 0.779. The maximum atomic E-state index is 12.0. The van der Waals surface area contributed by atoms with Gasteiger partial charge in [0.1, 0.15) is 12.4 Å². The van der Waals surface area contributed by atoms with Crippen molar-refractivity contribution in [1.29, 1.82) is 0 Å². The number of urea groups is 1. The number of hydrogen-bond acceptors (Lipinski definition) is 5. The van der Waals surface area contributed by atoms with E-state index >= 15 is 0 Å². The molecule has 0 bridgehead atoms. The number of carbonyl (C=O) groups is 1. The molecule has 0 aliphatic carbocycles. The van der Waals surface area contributed by atoms with E-state index in [1.165, 1.54) is 11.3 Å². The molecule has 1 heterocycles. The molecule has 0 fully saturated rings. The van der Waals surface area contributed by atoms with E-state index in [2.05, 4.69) is 27.4 Å². The smallest absolute Gasteiger partial charge is 0.325 e. The molecule has 0 radical (unpaired) electrons. The van der Waals surface area contributed by atoms with Crippen molar-refractivity contribution in [2.75, 3.05) is 10.6 Å². The van der Waals surface area contributed by atoms with Gasteiger partial charge in [-0.2, -0.15) is 0 Å². The Hall–Kier alpha value is -2.90. The van der Waals surface area contributed by atoms with Gasteiger partial charge in [0.25, 0.3) is 0 Å². The fraction of sp³-hybridized carbons (Fsp3) is 0.105. The maximum absolute atomic E-state index is 12.0. The van der Waals surface area contributed by atoms with E-state index in [9.17, 15) is 4.79 Å². The van der Waals surface area contributed by atoms with E-state index in [1.54, 1.807) is 24.3 Å². The number of nitrogens with one attached hydrogen (secondary N) is 2. The highest BCUT2D eigenvalue weighted by Crippen LogP contribution is 2.22. The molecule has 6 nitrogen and oxygen atoms in total. The minimum atomic E-state index is -0.419. The van der Waals surface area contributed by atoms with Gasteiger partial charge < -0.3 is 10.1 Å². The molecule has 2 aromatic carbocycles. The SMILES string of the molecule is C=CCc1ccccc1OCc1nnc(NC(=O)Nc2cccc(Cl)c2)s1. The molecule has 138 valence electrons. The fourth-order valence-corrected chi connectivity index (χ4v) is 3.13. The minimum absolute atomic E-state index is 0.267. The molecule has 27 heavy (non-hydrogen) atoms. The number of allylic oxidation sites excluding steroid dienone is 1. The molecule has 3 rings (SSSR count). The van der Waals surface area contributed by atoms with Crippen LogP contribution in [0.25, 0.3) is 0 Å². The third-order valence-electron chi connectivity index (χ3n) is 3.46. The number of benzene rings is 2. The van der Waals surface area contributed by atoms with Crippen molar-refractivity contribution in [3.05, 3.63) is 76.8 Å². The molecule has 0 atom stereocenters. The van der Waals surface area contributed by atoms with Crippen LogP contribution in [0, 0.1) is 0 Å². The predicted molar refractivity (Wildman–Crippen MR) is 109 cm³/mol. The van der Waals surface area contributed by atoms with E-state index in [1.807, 2.05) is 30.3 Å². The van der Waals surface area contributed by atoms with Gasteiger partial charge in [0, 0.05) is 10.7 Å². The molecular formula is C19H17ClN4O2S. The van der Waals surface area contributed by atoms with Crippen molar-refractivity contribution < 1.29 is 9.53 Å². The summed E-state index contributed by atoms with van der Waals surface area (Å²) < 4.78 is 5.82. The van der Waals surface area contributed by atoms with Crippen molar-refractivity contribution >= 4 is 39.8 Å². The molecule has 0 spiro atoms. The van der Waals surface area contributed by atoms with Gasteiger partial charge in [-0.1, -0.05) is 53.3 Å². The van der Waals surface area contributed by atoms with E-state index in [0.717, 1.165) is 17.7 Å². The summed E-state index contributed by atoms with van der Waals surface area (Å²) in [6.45, 7) is 4.02. The largest absolute Gasteiger partial charge is 0.486 e. The fourth-order valence-electron chi connectivity index (χ4n) is 2.30. The Morgan fingerprint density at radius 1 is 1.19 bits per heavy atom. The molecule has 0 aliphatic rings. The van der Waals surface area contributed by atoms with Crippen molar-refractivity contribution in [3.8, 4) is 5.75 Å². The molecule has 0 unspecified atom stereocenters. The van der Waals surface area contributed by atoms with Gasteiger partial charge in [-0.15, -0.1) is 16.8 Å². The number of nitrogens with zero attached hydrogens (tertiary/aromatic N) is 2. The lowest BCUT2D eigenvalue weighted by molar-refractivity contribution is 0.262. The van der Waals surface area contributed by atoms with Crippen LogP contribution in [0.4, 0.5) is 15.6 Å². The molecule has 8 heteroatoms. The van der Waals surface area contributed by atoms with Crippen LogP contribution in [0.15, 0.2) is 61.2 Å². The number of hydrogen-bond donors (Lipinski definition) is 2. The Morgan fingerprint density at radius 2 is 2.04 bits per heavy atom. The minimum Gasteiger partial charge on any atom is -0.486 e. The number of ether oxygens (including phenoxy) is 1. The second-order valence-corrected chi connectivity index (χ2v) is 6.98. The molecule has 2 amide bonds. The van der Waals surface area contributed by atoms with Gasteiger partial charge in [-0.25, -0.2) is 4.79 Å². The van der Waals surface area contributed by atoms with Crippen LogP contribution in [-0.2, 0) is 13.0 Å². The van der Waals surface area contributed by atoms with Crippen LogP contribution in [0.3, 0.4) is 0 Å². The first-order valence-corrected chi connectivity index (χ1v) is 9.31. The highest BCUT2D eigenvalue weighted by Gasteiger charge is 2.10. The Kier molecular flexibility index (Phi) is 6.40. The standard InChI is InChI=1S/C19H17ClN4O2S/c1-2-6-13-7-3-4-10-16(13)26-12-17-23-24-19(27-17)22-18(25)21-15-9-5-8-14(20)11-15/h2-5,7-11H,1,6,12H2,(H2,21,22,24,25). The Bertz CT molecular complexity index is 945. The van der Waals surface area contributed by atoms with E-state index < -0.39 is 6.03 Å². The second kappa shape index (κ2) is 9.16. The maximum Gasteiger partial charge on any atom is 0.325 e. The lowest BCUT2D eigenvalue weighted by Gasteiger charge is -2.08. The molecular weight excluding hydrogens is 384 g/mol. The number of amides is 2. The number of para-hydroxylation sites is 1. The van der Waals surface area contributed by atoms with Crippen molar-refractivity contribution in [1.82, 2.24) is 10.2 Å². The number of anilines is 2. The normalized spacial score (nSPS) is 10.3. The number of aromatic nitrogens is 2. The molecule has 3 aromatic rings. The van der Waals surface area contributed by atoms with Crippen molar-refractivity contribution in [3.63, 3.8) is 0 Å². The zero-order valence-electron chi connectivity index (χ0n) is 14.3. The number of carbonyl (C=O) groups excluding carboxylic acids is 1. The Morgan fingerprint density at radius 3 is 2.85 bits per heavy atom. The third-order valence-corrected chi connectivity index (χ3v) is 4.51.